The molecule has 0 N–H and O–H groups in total. The lowest BCUT2D eigenvalue weighted by atomic mass is 10.1. The predicted octanol–water partition coefficient (Wildman–Crippen LogP) is 2.42. The van der Waals surface area contributed by atoms with Crippen LogP contribution >= 0.6 is 0 Å². The SMILES string of the molecule is O=C(Cc1ccccn1)c1cccc([N+](=O)[O-])c1. The molecule has 0 fully saturated rings. The maximum absolute atomic E-state index is 11.9. The molecule has 1 heterocycles. The number of benzene rings is 1. The van der Waals surface area contributed by atoms with E-state index in [0.29, 0.717) is 11.3 Å². The normalized spacial score (nSPS) is 10.0. The lowest BCUT2D eigenvalue weighted by Gasteiger charge is -2.00. The number of nitro groups is 1. The van der Waals surface area contributed by atoms with Crippen LogP contribution in [-0.4, -0.2) is 15.7 Å². The molecule has 18 heavy (non-hydrogen) atoms. The Labute approximate surface area is 103 Å². The fourth-order valence-electron chi connectivity index (χ4n) is 1.56. The summed E-state index contributed by atoms with van der Waals surface area (Å²) in [4.78, 5) is 26.1. The van der Waals surface area contributed by atoms with E-state index in [1.54, 1.807) is 30.5 Å². The van der Waals surface area contributed by atoms with Crippen LogP contribution in [0, 0.1) is 10.1 Å². The smallest absolute Gasteiger partial charge is 0.270 e. The van der Waals surface area contributed by atoms with Gasteiger partial charge in [-0.15, -0.1) is 0 Å². The zero-order valence-corrected chi connectivity index (χ0v) is 9.45. The molecule has 0 aliphatic rings. The molecule has 0 amide bonds. The molecule has 90 valence electrons. The third-order valence-electron chi connectivity index (χ3n) is 2.45. The van der Waals surface area contributed by atoms with E-state index in [1.165, 1.54) is 18.2 Å². The maximum Gasteiger partial charge on any atom is 0.270 e. The second-order valence-corrected chi connectivity index (χ2v) is 3.73. The molecule has 1 aromatic carbocycles. The standard InChI is InChI=1S/C13H10N2O3/c16-13(9-11-5-1-2-7-14-11)10-4-3-6-12(8-10)15(17)18/h1-8H,9H2. The number of non-ortho nitro benzene ring substituents is 1. The highest BCUT2D eigenvalue weighted by Crippen LogP contribution is 2.14. The van der Waals surface area contributed by atoms with Crippen molar-refractivity contribution in [2.24, 2.45) is 0 Å². The number of rotatable bonds is 4. The highest BCUT2D eigenvalue weighted by Gasteiger charge is 2.12. The Hall–Kier alpha value is -2.56. The van der Waals surface area contributed by atoms with Gasteiger partial charge in [-0.3, -0.25) is 19.9 Å². The summed E-state index contributed by atoms with van der Waals surface area (Å²) in [6.45, 7) is 0. The topological polar surface area (TPSA) is 73.1 Å². The van der Waals surface area contributed by atoms with Crippen molar-refractivity contribution in [3.63, 3.8) is 0 Å². The number of carbonyl (C=O) groups excluding carboxylic acids is 1. The molecule has 0 atom stereocenters. The number of carbonyl (C=O) groups is 1. The summed E-state index contributed by atoms with van der Waals surface area (Å²) in [5, 5.41) is 10.6. The first-order valence-electron chi connectivity index (χ1n) is 5.34. The van der Waals surface area contributed by atoms with Crippen LogP contribution in [0.25, 0.3) is 0 Å². The van der Waals surface area contributed by atoms with Gasteiger partial charge in [0.25, 0.3) is 5.69 Å². The van der Waals surface area contributed by atoms with Crippen LogP contribution in [0.3, 0.4) is 0 Å². The van der Waals surface area contributed by atoms with Gasteiger partial charge in [-0.25, -0.2) is 0 Å². The van der Waals surface area contributed by atoms with E-state index >= 15 is 0 Å². The molecule has 2 rings (SSSR count). The summed E-state index contributed by atoms with van der Waals surface area (Å²) in [7, 11) is 0. The molecule has 0 aliphatic heterocycles. The highest BCUT2D eigenvalue weighted by atomic mass is 16.6. The summed E-state index contributed by atoms with van der Waals surface area (Å²) in [5.41, 5.74) is 0.894. The molecular formula is C13H10N2O3. The van der Waals surface area contributed by atoms with Gasteiger partial charge in [0.15, 0.2) is 5.78 Å². The summed E-state index contributed by atoms with van der Waals surface area (Å²) < 4.78 is 0. The molecule has 0 aliphatic carbocycles. The number of hydrogen-bond acceptors (Lipinski definition) is 4. The van der Waals surface area contributed by atoms with Crippen LogP contribution in [0.4, 0.5) is 5.69 Å². The van der Waals surface area contributed by atoms with E-state index in [9.17, 15) is 14.9 Å². The van der Waals surface area contributed by atoms with Gasteiger partial charge in [0.1, 0.15) is 0 Å². The Morgan fingerprint density at radius 3 is 2.72 bits per heavy atom. The van der Waals surface area contributed by atoms with Crippen LogP contribution in [0.1, 0.15) is 16.1 Å². The predicted molar refractivity (Wildman–Crippen MR) is 65.4 cm³/mol. The van der Waals surface area contributed by atoms with E-state index in [0.717, 1.165) is 0 Å². The fraction of sp³-hybridized carbons (Fsp3) is 0.0769. The van der Waals surface area contributed by atoms with Crippen LogP contribution in [0.15, 0.2) is 48.7 Å². The number of Topliss-reactive ketones (excluding diaryl/α,β-unsaturated/α-hetero) is 1. The molecule has 0 saturated heterocycles. The molecule has 0 bridgehead atoms. The Balaban J connectivity index is 2.19. The quantitative estimate of drug-likeness (QED) is 0.469. The Morgan fingerprint density at radius 1 is 1.22 bits per heavy atom. The highest BCUT2D eigenvalue weighted by molar-refractivity contribution is 5.97. The lowest BCUT2D eigenvalue weighted by Crippen LogP contribution is -2.05. The number of aromatic nitrogens is 1. The van der Waals surface area contributed by atoms with Gasteiger partial charge < -0.3 is 0 Å². The van der Waals surface area contributed by atoms with Crippen molar-refractivity contribution >= 4 is 11.5 Å². The first-order valence-corrected chi connectivity index (χ1v) is 5.34. The molecule has 1 aromatic heterocycles. The van der Waals surface area contributed by atoms with Crippen molar-refractivity contribution in [2.75, 3.05) is 0 Å². The molecule has 0 radical (unpaired) electrons. The minimum absolute atomic E-state index is 0.0816. The fourth-order valence-corrected chi connectivity index (χ4v) is 1.56. The zero-order chi connectivity index (χ0) is 13.0. The van der Waals surface area contributed by atoms with Crippen molar-refractivity contribution in [1.29, 1.82) is 0 Å². The summed E-state index contributed by atoms with van der Waals surface area (Å²) in [5.74, 6) is -0.183. The van der Waals surface area contributed by atoms with E-state index in [2.05, 4.69) is 4.98 Å². The van der Waals surface area contributed by atoms with Crippen molar-refractivity contribution in [3.8, 4) is 0 Å². The van der Waals surface area contributed by atoms with Crippen LogP contribution in [0.2, 0.25) is 0 Å². The zero-order valence-electron chi connectivity index (χ0n) is 9.45. The van der Waals surface area contributed by atoms with Crippen LogP contribution in [-0.2, 0) is 6.42 Å². The van der Waals surface area contributed by atoms with Crippen molar-refractivity contribution in [1.82, 2.24) is 4.98 Å². The van der Waals surface area contributed by atoms with Gasteiger partial charge in [0.2, 0.25) is 0 Å². The van der Waals surface area contributed by atoms with E-state index in [4.69, 9.17) is 0 Å². The first kappa shape index (κ1) is 11.9. The molecular weight excluding hydrogens is 232 g/mol. The average molecular weight is 242 g/mol. The first-order chi connectivity index (χ1) is 8.66. The lowest BCUT2D eigenvalue weighted by molar-refractivity contribution is -0.384. The monoisotopic (exact) mass is 242 g/mol. The van der Waals surface area contributed by atoms with Crippen molar-refractivity contribution < 1.29 is 9.72 Å². The third-order valence-corrected chi connectivity index (χ3v) is 2.45. The Kier molecular flexibility index (Phi) is 3.43. The average Bonchev–Trinajstić information content (AvgIpc) is 2.40. The number of nitro benzene ring substituents is 1. The van der Waals surface area contributed by atoms with E-state index in [1.807, 2.05) is 0 Å². The number of pyridine rings is 1. The molecule has 0 spiro atoms. The van der Waals surface area contributed by atoms with Gasteiger partial charge >= 0.3 is 0 Å². The minimum Gasteiger partial charge on any atom is -0.294 e. The summed E-state index contributed by atoms with van der Waals surface area (Å²) in [6, 6.07) is 11.0. The van der Waals surface area contributed by atoms with E-state index < -0.39 is 4.92 Å². The summed E-state index contributed by atoms with van der Waals surface area (Å²) >= 11 is 0. The van der Waals surface area contributed by atoms with Crippen LogP contribution < -0.4 is 0 Å². The molecule has 0 saturated carbocycles. The molecule has 5 heteroatoms. The molecule has 0 unspecified atom stereocenters. The second kappa shape index (κ2) is 5.18. The van der Waals surface area contributed by atoms with Gasteiger partial charge in [0, 0.05) is 29.6 Å². The van der Waals surface area contributed by atoms with E-state index in [-0.39, 0.29) is 17.9 Å². The largest absolute Gasteiger partial charge is 0.294 e. The van der Waals surface area contributed by atoms with Crippen molar-refractivity contribution in [2.45, 2.75) is 6.42 Å². The molecule has 2 aromatic rings. The Bertz CT molecular complexity index is 582. The summed E-state index contributed by atoms with van der Waals surface area (Å²) in [6.07, 6.45) is 1.75. The van der Waals surface area contributed by atoms with Gasteiger partial charge in [-0.2, -0.15) is 0 Å². The second-order valence-electron chi connectivity index (χ2n) is 3.73. The van der Waals surface area contributed by atoms with Gasteiger partial charge in [0.05, 0.1) is 11.3 Å². The van der Waals surface area contributed by atoms with Crippen molar-refractivity contribution in [3.05, 3.63) is 70.0 Å². The van der Waals surface area contributed by atoms with Crippen LogP contribution in [0.5, 0.6) is 0 Å². The number of nitrogens with zero attached hydrogens (tertiary/aromatic N) is 2. The number of hydrogen-bond donors (Lipinski definition) is 0. The number of ketones is 1. The third kappa shape index (κ3) is 2.76. The maximum atomic E-state index is 11.9. The minimum atomic E-state index is -0.516. The van der Waals surface area contributed by atoms with Gasteiger partial charge in [-0.1, -0.05) is 18.2 Å². The van der Waals surface area contributed by atoms with Gasteiger partial charge in [-0.05, 0) is 12.1 Å². The Morgan fingerprint density at radius 2 is 2.06 bits per heavy atom. The molecule has 5 nitrogen and oxygen atoms in total.